The van der Waals surface area contributed by atoms with Gasteiger partial charge in [-0.2, -0.15) is 0 Å². The Morgan fingerprint density at radius 2 is 1.86 bits per heavy atom. The maximum atomic E-state index is 5.93. The third-order valence-electron chi connectivity index (χ3n) is 3.43. The molecule has 2 heterocycles. The average Bonchev–Trinajstić information content (AvgIpc) is 2.83. The van der Waals surface area contributed by atoms with Crippen LogP contribution < -0.4 is 4.74 Å². The molecule has 0 saturated carbocycles. The van der Waals surface area contributed by atoms with Crippen molar-refractivity contribution in [2.75, 3.05) is 7.11 Å². The van der Waals surface area contributed by atoms with Crippen molar-refractivity contribution in [1.82, 2.24) is 9.38 Å². The lowest BCUT2D eigenvalue weighted by Gasteiger charge is -2.08. The molecular formula is C17H18N2O2. The van der Waals surface area contributed by atoms with Gasteiger partial charge >= 0.3 is 0 Å². The highest BCUT2D eigenvalue weighted by Gasteiger charge is 2.12. The summed E-state index contributed by atoms with van der Waals surface area (Å²) in [5, 5.41) is 0. The zero-order valence-electron chi connectivity index (χ0n) is 12.2. The molecule has 0 unspecified atom stereocenters. The van der Waals surface area contributed by atoms with Gasteiger partial charge in [0.05, 0.1) is 18.0 Å². The van der Waals surface area contributed by atoms with Gasteiger partial charge in [0.15, 0.2) is 11.4 Å². The largest absolute Gasteiger partial charge is 0.485 e. The van der Waals surface area contributed by atoms with E-state index in [1.807, 2.05) is 60.0 Å². The van der Waals surface area contributed by atoms with Crippen molar-refractivity contribution in [2.24, 2.45) is 0 Å². The van der Waals surface area contributed by atoms with Crippen LogP contribution in [0.25, 0.3) is 5.65 Å². The van der Waals surface area contributed by atoms with Gasteiger partial charge in [-0.25, -0.2) is 4.98 Å². The molecule has 4 heteroatoms. The summed E-state index contributed by atoms with van der Waals surface area (Å²) >= 11 is 0. The van der Waals surface area contributed by atoms with Gasteiger partial charge in [-0.05, 0) is 24.6 Å². The van der Waals surface area contributed by atoms with Crippen molar-refractivity contribution in [2.45, 2.75) is 20.1 Å². The smallest absolute Gasteiger partial charge is 0.180 e. The van der Waals surface area contributed by atoms with Gasteiger partial charge in [-0.15, -0.1) is 0 Å². The van der Waals surface area contributed by atoms with E-state index in [0.717, 1.165) is 28.3 Å². The van der Waals surface area contributed by atoms with E-state index in [1.54, 1.807) is 7.11 Å². The van der Waals surface area contributed by atoms with Crippen LogP contribution >= 0.6 is 0 Å². The average molecular weight is 282 g/mol. The Morgan fingerprint density at radius 3 is 2.62 bits per heavy atom. The Labute approximate surface area is 124 Å². The monoisotopic (exact) mass is 282 g/mol. The third kappa shape index (κ3) is 2.76. The normalized spacial score (nSPS) is 11.0. The molecule has 0 aliphatic rings. The molecule has 4 nitrogen and oxygen atoms in total. The molecule has 1 aromatic carbocycles. The Bertz CT molecular complexity index is 735. The number of hydrogen-bond acceptors (Lipinski definition) is 3. The summed E-state index contributed by atoms with van der Waals surface area (Å²) in [5.41, 5.74) is 3.99. The van der Waals surface area contributed by atoms with Crippen LogP contribution in [0, 0.1) is 6.92 Å². The highest BCUT2D eigenvalue weighted by Crippen LogP contribution is 2.23. The van der Waals surface area contributed by atoms with Gasteiger partial charge in [0.2, 0.25) is 0 Å². The van der Waals surface area contributed by atoms with Gasteiger partial charge in [-0.1, -0.05) is 30.3 Å². The molecule has 0 N–H and O–H groups in total. The summed E-state index contributed by atoms with van der Waals surface area (Å²) in [6.07, 6.45) is 1.99. The van der Waals surface area contributed by atoms with E-state index >= 15 is 0 Å². The number of hydrogen-bond donors (Lipinski definition) is 0. The minimum Gasteiger partial charge on any atom is -0.485 e. The molecule has 3 aromatic rings. The molecule has 0 spiro atoms. The van der Waals surface area contributed by atoms with E-state index < -0.39 is 0 Å². The Kier molecular flexibility index (Phi) is 3.88. The maximum Gasteiger partial charge on any atom is 0.180 e. The molecule has 2 aromatic heterocycles. The number of ether oxygens (including phenoxy) is 2. The van der Waals surface area contributed by atoms with Crippen molar-refractivity contribution in [3.05, 3.63) is 65.6 Å². The zero-order valence-corrected chi connectivity index (χ0v) is 12.2. The minimum atomic E-state index is 0.534. The summed E-state index contributed by atoms with van der Waals surface area (Å²) in [4.78, 5) is 4.60. The van der Waals surface area contributed by atoms with Crippen molar-refractivity contribution in [1.29, 1.82) is 0 Å². The Morgan fingerprint density at radius 1 is 1.05 bits per heavy atom. The molecule has 0 fully saturated rings. The molecular weight excluding hydrogens is 264 g/mol. The van der Waals surface area contributed by atoms with E-state index in [9.17, 15) is 0 Å². The second-order valence-corrected chi connectivity index (χ2v) is 4.92. The fourth-order valence-corrected chi connectivity index (χ4v) is 2.36. The van der Waals surface area contributed by atoms with Crippen molar-refractivity contribution in [3.63, 3.8) is 0 Å². The van der Waals surface area contributed by atoms with Gasteiger partial charge in [0, 0.05) is 13.3 Å². The molecule has 0 saturated heterocycles. The van der Waals surface area contributed by atoms with Crippen LogP contribution in [0.5, 0.6) is 5.75 Å². The first kappa shape index (κ1) is 13.6. The fraction of sp³-hybridized carbons (Fsp3) is 0.235. The summed E-state index contributed by atoms with van der Waals surface area (Å²) in [5.74, 6) is 0.784. The lowest BCUT2D eigenvalue weighted by molar-refractivity contribution is 0.180. The van der Waals surface area contributed by atoms with Crippen LogP contribution in [0.3, 0.4) is 0 Å². The highest BCUT2D eigenvalue weighted by atomic mass is 16.5. The van der Waals surface area contributed by atoms with Crippen LogP contribution in [0.15, 0.2) is 48.7 Å². The molecule has 3 rings (SSSR count). The fourth-order valence-electron chi connectivity index (χ4n) is 2.36. The van der Waals surface area contributed by atoms with Crippen molar-refractivity contribution < 1.29 is 9.47 Å². The second-order valence-electron chi connectivity index (χ2n) is 4.92. The lowest BCUT2D eigenvalue weighted by atomic mass is 10.2. The topological polar surface area (TPSA) is 35.8 Å². The first-order valence-corrected chi connectivity index (χ1v) is 6.92. The third-order valence-corrected chi connectivity index (χ3v) is 3.43. The predicted molar refractivity (Wildman–Crippen MR) is 81.4 cm³/mol. The van der Waals surface area contributed by atoms with Gasteiger partial charge in [0.1, 0.15) is 6.61 Å². The number of aromatic nitrogens is 2. The van der Waals surface area contributed by atoms with E-state index in [-0.39, 0.29) is 0 Å². The van der Waals surface area contributed by atoms with Crippen LogP contribution in [-0.4, -0.2) is 16.5 Å². The Hall–Kier alpha value is -2.33. The first-order chi connectivity index (χ1) is 10.3. The van der Waals surface area contributed by atoms with Crippen LogP contribution in [0.1, 0.15) is 17.0 Å². The molecule has 0 aliphatic carbocycles. The quantitative estimate of drug-likeness (QED) is 0.720. The van der Waals surface area contributed by atoms with Gasteiger partial charge in [-0.3, -0.25) is 4.40 Å². The molecule has 0 aliphatic heterocycles. The second kappa shape index (κ2) is 5.97. The van der Waals surface area contributed by atoms with Crippen molar-refractivity contribution in [3.8, 4) is 5.75 Å². The van der Waals surface area contributed by atoms with Gasteiger partial charge < -0.3 is 9.47 Å². The summed E-state index contributed by atoms with van der Waals surface area (Å²) < 4.78 is 13.2. The van der Waals surface area contributed by atoms with E-state index in [4.69, 9.17) is 9.47 Å². The highest BCUT2D eigenvalue weighted by molar-refractivity contribution is 5.56. The number of benzene rings is 1. The minimum absolute atomic E-state index is 0.534. The number of nitrogens with zero attached hydrogens (tertiary/aromatic N) is 2. The Balaban J connectivity index is 1.90. The van der Waals surface area contributed by atoms with Crippen LogP contribution in [0.2, 0.25) is 0 Å². The summed E-state index contributed by atoms with van der Waals surface area (Å²) in [6.45, 7) is 3.06. The standard InChI is InChI=1S/C17H18N2O2/c1-13-15(12-20-2)19-10-6-9-16(17(19)18-13)21-11-14-7-4-3-5-8-14/h3-10H,11-12H2,1-2H3. The molecule has 0 atom stereocenters. The number of fused-ring (bicyclic) bond motifs is 1. The number of rotatable bonds is 5. The predicted octanol–water partition coefficient (Wildman–Crippen LogP) is 3.37. The first-order valence-electron chi connectivity index (χ1n) is 6.92. The van der Waals surface area contributed by atoms with Gasteiger partial charge in [0.25, 0.3) is 0 Å². The maximum absolute atomic E-state index is 5.93. The number of methoxy groups -OCH3 is 1. The summed E-state index contributed by atoms with van der Waals surface area (Å²) in [6, 6.07) is 14.0. The van der Waals surface area contributed by atoms with Crippen LogP contribution in [-0.2, 0) is 18.0 Å². The molecule has 0 radical (unpaired) electrons. The number of aryl methyl sites for hydroxylation is 1. The molecule has 21 heavy (non-hydrogen) atoms. The van der Waals surface area contributed by atoms with E-state index in [0.29, 0.717) is 13.2 Å². The lowest BCUT2D eigenvalue weighted by Crippen LogP contribution is -1.99. The van der Waals surface area contributed by atoms with Crippen LogP contribution in [0.4, 0.5) is 0 Å². The molecule has 0 bridgehead atoms. The van der Waals surface area contributed by atoms with E-state index in [1.165, 1.54) is 0 Å². The number of pyridine rings is 1. The van der Waals surface area contributed by atoms with E-state index in [2.05, 4.69) is 4.98 Å². The van der Waals surface area contributed by atoms with Crippen molar-refractivity contribution >= 4 is 5.65 Å². The number of imidazole rings is 1. The molecule has 108 valence electrons. The zero-order chi connectivity index (χ0) is 14.7. The summed E-state index contributed by atoms with van der Waals surface area (Å²) in [7, 11) is 1.69. The SMILES string of the molecule is COCc1c(C)nc2c(OCc3ccccc3)cccn12. The molecule has 0 amide bonds.